The molecule has 2 rings (SSSR count). The van der Waals surface area contributed by atoms with E-state index in [-0.39, 0.29) is 30.3 Å². The summed E-state index contributed by atoms with van der Waals surface area (Å²) in [5.41, 5.74) is -0.481. The normalized spacial score (nSPS) is 10.5. The van der Waals surface area contributed by atoms with Crippen LogP contribution in [0.4, 0.5) is 5.82 Å². The van der Waals surface area contributed by atoms with Gasteiger partial charge in [0.2, 0.25) is 5.69 Å². The lowest BCUT2D eigenvalue weighted by atomic mass is 10.3. The molecule has 0 saturated carbocycles. The maximum Gasteiger partial charge on any atom is 0.361 e. The van der Waals surface area contributed by atoms with Gasteiger partial charge in [-0.15, -0.1) is 5.10 Å². The molecule has 0 amide bonds. The Balaban J connectivity index is 2.32. The second-order valence-electron chi connectivity index (χ2n) is 4.57. The number of hydrogen-bond donors (Lipinski definition) is 0. The summed E-state index contributed by atoms with van der Waals surface area (Å²) in [6.45, 7) is 1.73. The van der Waals surface area contributed by atoms with Gasteiger partial charge in [-0.3, -0.25) is 0 Å². The van der Waals surface area contributed by atoms with Gasteiger partial charge < -0.3 is 19.6 Å². The van der Waals surface area contributed by atoms with Crippen LogP contribution in [0.15, 0.2) is 6.20 Å². The maximum absolute atomic E-state index is 11.9. The number of carbonyl (C=O) groups excluding carboxylic acids is 2. The van der Waals surface area contributed by atoms with Gasteiger partial charge in [0.15, 0.2) is 11.5 Å². The molecule has 0 aliphatic carbocycles. The summed E-state index contributed by atoms with van der Waals surface area (Å²) < 4.78 is 11.6. The van der Waals surface area contributed by atoms with Crippen molar-refractivity contribution in [1.82, 2.24) is 24.5 Å². The van der Waals surface area contributed by atoms with E-state index in [1.807, 2.05) is 0 Å². The van der Waals surface area contributed by atoms with Gasteiger partial charge in [0.25, 0.3) is 0 Å². The van der Waals surface area contributed by atoms with Crippen LogP contribution >= 0.6 is 0 Å². The Labute approximate surface area is 135 Å². The molecule has 0 aliphatic rings. The highest BCUT2D eigenvalue weighted by atomic mass is 16.6. The van der Waals surface area contributed by atoms with Crippen molar-refractivity contribution in [3.8, 4) is 0 Å². The molecule has 0 radical (unpaired) electrons. The minimum atomic E-state index is -0.841. The molecule has 0 N–H and O–H groups in total. The molecule has 2 heterocycles. The predicted molar refractivity (Wildman–Crippen MR) is 76.3 cm³/mol. The van der Waals surface area contributed by atoms with Crippen molar-refractivity contribution in [1.29, 1.82) is 0 Å². The van der Waals surface area contributed by atoms with E-state index in [0.29, 0.717) is 5.82 Å². The molecule has 2 aromatic rings. The average Bonchev–Trinajstić information content (AvgIpc) is 3.15. The lowest BCUT2D eigenvalue weighted by Gasteiger charge is -2.06. The van der Waals surface area contributed by atoms with Gasteiger partial charge >= 0.3 is 17.8 Å². The Morgan fingerprint density at radius 3 is 2.50 bits per heavy atom. The number of nitrogens with zero attached hydrogens (tertiary/aromatic N) is 6. The standard InChI is InChI=1S/C12H14N6O6/c1-7-13-6-8(18(21)22)16(7)4-5-17-10(12(20)24-3)9(14-15-17)11(19)23-2/h6H,4-5H2,1-3H3. The number of carbonyl (C=O) groups is 2. The van der Waals surface area contributed by atoms with Crippen LogP contribution in [0.1, 0.15) is 26.8 Å². The molecule has 2 aromatic heterocycles. The molecule has 0 fully saturated rings. The molecule has 0 atom stereocenters. The first kappa shape index (κ1) is 17.1. The fourth-order valence-electron chi connectivity index (χ4n) is 2.08. The lowest BCUT2D eigenvalue weighted by Crippen LogP contribution is -2.19. The van der Waals surface area contributed by atoms with Crippen molar-refractivity contribution in [3.63, 3.8) is 0 Å². The van der Waals surface area contributed by atoms with Crippen LogP contribution in [-0.4, -0.2) is 55.6 Å². The van der Waals surface area contributed by atoms with E-state index in [2.05, 4.69) is 24.8 Å². The fourth-order valence-corrected chi connectivity index (χ4v) is 2.08. The number of ether oxygens (including phenoxy) is 2. The predicted octanol–water partition coefficient (Wildman–Crippen LogP) is -0.0354. The first-order valence-electron chi connectivity index (χ1n) is 6.67. The van der Waals surface area contributed by atoms with Crippen LogP contribution in [0.3, 0.4) is 0 Å². The second kappa shape index (κ2) is 6.85. The van der Waals surface area contributed by atoms with Gasteiger partial charge in [-0.25, -0.2) is 23.8 Å². The van der Waals surface area contributed by atoms with Gasteiger partial charge in [-0.2, -0.15) is 0 Å². The molecular weight excluding hydrogens is 324 g/mol. The molecule has 24 heavy (non-hydrogen) atoms. The summed E-state index contributed by atoms with van der Waals surface area (Å²) in [5, 5.41) is 18.3. The number of imidazole rings is 1. The van der Waals surface area contributed by atoms with Crippen LogP contribution < -0.4 is 0 Å². The third-order valence-corrected chi connectivity index (χ3v) is 3.25. The molecule has 128 valence electrons. The van der Waals surface area contributed by atoms with E-state index in [4.69, 9.17) is 0 Å². The molecule has 0 bridgehead atoms. The van der Waals surface area contributed by atoms with Crippen molar-refractivity contribution in [2.45, 2.75) is 20.0 Å². The summed E-state index contributed by atoms with van der Waals surface area (Å²) >= 11 is 0. The van der Waals surface area contributed by atoms with Crippen LogP contribution in [0.25, 0.3) is 0 Å². The van der Waals surface area contributed by atoms with Crippen LogP contribution in [0.5, 0.6) is 0 Å². The summed E-state index contributed by atoms with van der Waals surface area (Å²) in [4.78, 5) is 37.8. The SMILES string of the molecule is COC(=O)c1nnn(CCn2c([N+](=O)[O-])cnc2C)c1C(=O)OC. The highest BCUT2D eigenvalue weighted by Crippen LogP contribution is 2.15. The van der Waals surface area contributed by atoms with Crippen molar-refractivity contribution < 1.29 is 24.0 Å². The Hall–Kier alpha value is -3.31. The quantitative estimate of drug-likeness (QED) is 0.402. The third-order valence-electron chi connectivity index (χ3n) is 3.25. The number of hydrogen-bond acceptors (Lipinski definition) is 9. The van der Waals surface area contributed by atoms with Crippen molar-refractivity contribution >= 4 is 17.8 Å². The number of esters is 2. The summed E-state index contributed by atoms with van der Waals surface area (Å²) in [7, 11) is 2.28. The highest BCUT2D eigenvalue weighted by molar-refractivity contribution is 6.00. The third kappa shape index (κ3) is 3.06. The molecule has 0 saturated heterocycles. The van der Waals surface area contributed by atoms with Crippen LogP contribution in [-0.2, 0) is 22.6 Å². The van der Waals surface area contributed by atoms with Gasteiger partial charge in [0, 0.05) is 6.92 Å². The zero-order valence-electron chi connectivity index (χ0n) is 13.1. The summed E-state index contributed by atoms with van der Waals surface area (Å²) in [6.07, 6.45) is 1.14. The molecule has 0 aromatic carbocycles. The van der Waals surface area contributed by atoms with E-state index in [0.717, 1.165) is 25.1 Å². The van der Waals surface area contributed by atoms with Crippen molar-refractivity contribution in [3.05, 3.63) is 33.5 Å². The second-order valence-corrected chi connectivity index (χ2v) is 4.57. The summed E-state index contributed by atoms with van der Waals surface area (Å²) in [5.74, 6) is -1.43. The van der Waals surface area contributed by atoms with Crippen LogP contribution in [0, 0.1) is 17.0 Å². The smallest absolute Gasteiger partial charge is 0.361 e. The number of aryl methyl sites for hydroxylation is 2. The Kier molecular flexibility index (Phi) is 4.87. The Bertz CT molecular complexity index is 794. The van der Waals surface area contributed by atoms with E-state index in [1.165, 1.54) is 4.57 Å². The Morgan fingerprint density at radius 2 is 1.92 bits per heavy atom. The lowest BCUT2D eigenvalue weighted by molar-refractivity contribution is -0.392. The highest BCUT2D eigenvalue weighted by Gasteiger charge is 2.27. The van der Waals surface area contributed by atoms with Crippen LogP contribution in [0.2, 0.25) is 0 Å². The summed E-state index contributed by atoms with van der Waals surface area (Å²) in [6, 6.07) is 0. The molecule has 0 spiro atoms. The minimum absolute atomic E-state index is 0.0342. The van der Waals surface area contributed by atoms with Gasteiger partial charge in [0.05, 0.1) is 20.8 Å². The number of rotatable bonds is 6. The van der Waals surface area contributed by atoms with Gasteiger partial charge in [-0.1, -0.05) is 5.21 Å². The van der Waals surface area contributed by atoms with Gasteiger partial charge in [-0.05, 0) is 4.92 Å². The zero-order valence-corrected chi connectivity index (χ0v) is 13.1. The number of aromatic nitrogens is 5. The van der Waals surface area contributed by atoms with Crippen molar-refractivity contribution in [2.75, 3.05) is 14.2 Å². The molecule has 12 heteroatoms. The van der Waals surface area contributed by atoms with E-state index < -0.39 is 16.9 Å². The molecule has 12 nitrogen and oxygen atoms in total. The molecule has 0 aliphatic heterocycles. The van der Waals surface area contributed by atoms with E-state index >= 15 is 0 Å². The van der Waals surface area contributed by atoms with Crippen molar-refractivity contribution in [2.24, 2.45) is 0 Å². The largest absolute Gasteiger partial charge is 0.464 e. The number of nitro groups is 1. The fraction of sp³-hybridized carbons (Fsp3) is 0.417. The number of methoxy groups -OCH3 is 2. The van der Waals surface area contributed by atoms with E-state index in [1.54, 1.807) is 6.92 Å². The maximum atomic E-state index is 11.9. The van der Waals surface area contributed by atoms with Gasteiger partial charge in [0.1, 0.15) is 12.7 Å². The first-order chi connectivity index (χ1) is 11.4. The first-order valence-corrected chi connectivity index (χ1v) is 6.67. The molecular formula is C12H14N6O6. The van der Waals surface area contributed by atoms with E-state index in [9.17, 15) is 19.7 Å². The topological polar surface area (TPSA) is 144 Å². The monoisotopic (exact) mass is 338 g/mol. The Morgan fingerprint density at radius 1 is 1.25 bits per heavy atom. The minimum Gasteiger partial charge on any atom is -0.464 e. The molecule has 0 unspecified atom stereocenters. The average molecular weight is 338 g/mol. The zero-order chi connectivity index (χ0) is 17.9.